The van der Waals surface area contributed by atoms with Crippen molar-refractivity contribution in [2.75, 3.05) is 11.4 Å². The maximum atomic E-state index is 4.39. The Bertz CT molecular complexity index is 590. The summed E-state index contributed by atoms with van der Waals surface area (Å²) in [6.07, 6.45) is 2.59. The van der Waals surface area contributed by atoms with Crippen LogP contribution in [0.1, 0.15) is 31.0 Å². The van der Waals surface area contributed by atoms with E-state index < -0.39 is 0 Å². The quantitative estimate of drug-likeness (QED) is 0.883. The average molecular weight is 282 g/mol. The van der Waals surface area contributed by atoms with Crippen molar-refractivity contribution in [2.24, 2.45) is 0 Å². The van der Waals surface area contributed by atoms with Crippen molar-refractivity contribution in [3.05, 3.63) is 47.7 Å². The first-order valence-electron chi connectivity index (χ1n) is 7.66. The van der Waals surface area contributed by atoms with E-state index in [1.807, 2.05) is 0 Å². The van der Waals surface area contributed by atoms with Gasteiger partial charge in [0.15, 0.2) is 5.82 Å². The molecule has 0 spiro atoms. The maximum Gasteiger partial charge on any atom is 0.155 e. The molecular formula is C17H22N4. The van der Waals surface area contributed by atoms with Crippen LogP contribution in [0.2, 0.25) is 0 Å². The molecule has 0 bridgehead atoms. The second-order valence-electron chi connectivity index (χ2n) is 5.62. The lowest BCUT2D eigenvalue weighted by atomic mass is 10.2. The highest BCUT2D eigenvalue weighted by Crippen LogP contribution is 2.24. The van der Waals surface area contributed by atoms with Crippen LogP contribution in [0, 0.1) is 6.92 Å². The first kappa shape index (κ1) is 14.0. The number of hydrogen-bond acceptors (Lipinski definition) is 4. The van der Waals surface area contributed by atoms with E-state index in [2.05, 4.69) is 70.7 Å². The Morgan fingerprint density at radius 1 is 1.19 bits per heavy atom. The van der Waals surface area contributed by atoms with Crippen LogP contribution in [0.15, 0.2) is 36.4 Å². The van der Waals surface area contributed by atoms with Gasteiger partial charge >= 0.3 is 0 Å². The molecule has 2 aromatic rings. The summed E-state index contributed by atoms with van der Waals surface area (Å²) in [5, 5.41) is 12.2. The number of hydrogen-bond donors (Lipinski definition) is 1. The molecule has 1 N–H and O–H groups in total. The van der Waals surface area contributed by atoms with E-state index in [1.54, 1.807) is 0 Å². The number of benzene rings is 1. The van der Waals surface area contributed by atoms with Gasteiger partial charge in [0.2, 0.25) is 0 Å². The van der Waals surface area contributed by atoms with Gasteiger partial charge in [-0.25, -0.2) is 0 Å². The third-order valence-electron chi connectivity index (χ3n) is 3.76. The van der Waals surface area contributed by atoms with Gasteiger partial charge in [-0.15, -0.1) is 5.10 Å². The summed E-state index contributed by atoms with van der Waals surface area (Å²) in [5.41, 5.74) is 3.42. The molecule has 1 fully saturated rings. The van der Waals surface area contributed by atoms with Gasteiger partial charge in [-0.1, -0.05) is 12.1 Å². The van der Waals surface area contributed by atoms with Crippen LogP contribution in [0.5, 0.6) is 0 Å². The molecule has 1 aromatic heterocycles. The number of rotatable bonds is 6. The zero-order valence-corrected chi connectivity index (χ0v) is 12.7. The van der Waals surface area contributed by atoms with E-state index in [4.69, 9.17) is 0 Å². The Balaban J connectivity index is 1.73. The Labute approximate surface area is 126 Å². The summed E-state index contributed by atoms with van der Waals surface area (Å²) in [6, 6.07) is 13.3. The van der Waals surface area contributed by atoms with Crippen molar-refractivity contribution in [1.29, 1.82) is 0 Å². The first-order valence-corrected chi connectivity index (χ1v) is 7.66. The third kappa shape index (κ3) is 3.58. The molecular weight excluding hydrogens is 260 g/mol. The third-order valence-corrected chi connectivity index (χ3v) is 3.76. The monoisotopic (exact) mass is 282 g/mol. The van der Waals surface area contributed by atoms with Gasteiger partial charge < -0.3 is 10.2 Å². The summed E-state index contributed by atoms with van der Waals surface area (Å²) < 4.78 is 0. The van der Waals surface area contributed by atoms with Crippen molar-refractivity contribution in [3.63, 3.8) is 0 Å². The number of aryl methyl sites for hydroxylation is 1. The van der Waals surface area contributed by atoms with Crippen molar-refractivity contribution < 1.29 is 0 Å². The summed E-state index contributed by atoms with van der Waals surface area (Å²) in [7, 11) is 0. The van der Waals surface area contributed by atoms with Crippen LogP contribution >= 0.6 is 0 Å². The SMILES string of the molecule is CCN(c1cccc(C)c1)c1ccc(CNC2CC2)nn1. The van der Waals surface area contributed by atoms with Crippen LogP contribution < -0.4 is 10.2 Å². The van der Waals surface area contributed by atoms with Gasteiger partial charge in [-0.2, -0.15) is 5.10 Å². The van der Waals surface area contributed by atoms with Gasteiger partial charge in [-0.3, -0.25) is 0 Å². The van der Waals surface area contributed by atoms with Gasteiger partial charge in [0, 0.05) is 24.8 Å². The van der Waals surface area contributed by atoms with E-state index in [-0.39, 0.29) is 0 Å². The normalized spacial score (nSPS) is 14.2. The minimum atomic E-state index is 0.700. The minimum absolute atomic E-state index is 0.700. The highest BCUT2D eigenvalue weighted by atomic mass is 15.3. The molecule has 4 heteroatoms. The largest absolute Gasteiger partial charge is 0.325 e. The van der Waals surface area contributed by atoms with E-state index in [0.29, 0.717) is 6.04 Å². The molecule has 0 atom stereocenters. The molecule has 1 heterocycles. The zero-order valence-electron chi connectivity index (χ0n) is 12.7. The number of anilines is 2. The van der Waals surface area contributed by atoms with E-state index in [0.717, 1.165) is 30.3 Å². The van der Waals surface area contributed by atoms with Crippen LogP contribution in [0.3, 0.4) is 0 Å². The number of aromatic nitrogens is 2. The first-order chi connectivity index (χ1) is 10.3. The second kappa shape index (κ2) is 6.22. The molecule has 0 unspecified atom stereocenters. The van der Waals surface area contributed by atoms with Crippen LogP contribution in [-0.4, -0.2) is 22.8 Å². The number of nitrogens with one attached hydrogen (secondary N) is 1. The van der Waals surface area contributed by atoms with Crippen LogP contribution in [-0.2, 0) is 6.54 Å². The van der Waals surface area contributed by atoms with Crippen LogP contribution in [0.25, 0.3) is 0 Å². The zero-order chi connectivity index (χ0) is 14.7. The van der Waals surface area contributed by atoms with Crippen molar-refractivity contribution >= 4 is 11.5 Å². The molecule has 1 aliphatic carbocycles. The van der Waals surface area contributed by atoms with Crippen molar-refractivity contribution in [1.82, 2.24) is 15.5 Å². The highest BCUT2D eigenvalue weighted by molar-refractivity contribution is 5.60. The topological polar surface area (TPSA) is 41.0 Å². The fraction of sp³-hybridized carbons (Fsp3) is 0.412. The minimum Gasteiger partial charge on any atom is -0.325 e. The van der Waals surface area contributed by atoms with Gasteiger partial charge in [0.1, 0.15) is 0 Å². The predicted molar refractivity (Wildman–Crippen MR) is 85.8 cm³/mol. The molecule has 21 heavy (non-hydrogen) atoms. The Morgan fingerprint density at radius 3 is 2.67 bits per heavy atom. The van der Waals surface area contributed by atoms with E-state index in [1.165, 1.54) is 18.4 Å². The second-order valence-corrected chi connectivity index (χ2v) is 5.62. The summed E-state index contributed by atoms with van der Waals surface area (Å²) >= 11 is 0. The molecule has 1 saturated carbocycles. The summed E-state index contributed by atoms with van der Waals surface area (Å²) in [6.45, 7) is 5.93. The van der Waals surface area contributed by atoms with E-state index >= 15 is 0 Å². The molecule has 1 aliphatic rings. The standard InChI is InChI=1S/C17H22N4/c1-3-21(16-6-4-5-13(2)11-16)17-10-9-15(19-20-17)12-18-14-7-8-14/h4-6,9-11,14,18H,3,7-8,12H2,1-2H3. The Kier molecular flexibility index (Phi) is 4.15. The molecule has 4 nitrogen and oxygen atoms in total. The molecule has 1 aromatic carbocycles. The molecule has 0 aliphatic heterocycles. The Hall–Kier alpha value is -1.94. The van der Waals surface area contributed by atoms with Crippen molar-refractivity contribution in [3.8, 4) is 0 Å². The molecule has 0 radical (unpaired) electrons. The fourth-order valence-electron chi connectivity index (χ4n) is 2.40. The molecule has 0 saturated heterocycles. The molecule has 110 valence electrons. The number of nitrogens with zero attached hydrogens (tertiary/aromatic N) is 3. The predicted octanol–water partition coefficient (Wildman–Crippen LogP) is 3.20. The van der Waals surface area contributed by atoms with Gasteiger partial charge in [0.05, 0.1) is 5.69 Å². The van der Waals surface area contributed by atoms with Gasteiger partial charge in [-0.05, 0) is 56.5 Å². The molecule has 0 amide bonds. The van der Waals surface area contributed by atoms with E-state index in [9.17, 15) is 0 Å². The Morgan fingerprint density at radius 2 is 2.05 bits per heavy atom. The summed E-state index contributed by atoms with van der Waals surface area (Å²) in [5.74, 6) is 0.901. The smallest absolute Gasteiger partial charge is 0.155 e. The lowest BCUT2D eigenvalue weighted by Gasteiger charge is -2.22. The van der Waals surface area contributed by atoms with Gasteiger partial charge in [0.25, 0.3) is 0 Å². The maximum absolute atomic E-state index is 4.39. The summed E-state index contributed by atoms with van der Waals surface area (Å²) in [4.78, 5) is 2.18. The van der Waals surface area contributed by atoms with Crippen molar-refractivity contribution in [2.45, 2.75) is 39.3 Å². The highest BCUT2D eigenvalue weighted by Gasteiger charge is 2.20. The molecule has 3 rings (SSSR count). The van der Waals surface area contributed by atoms with Crippen LogP contribution in [0.4, 0.5) is 11.5 Å². The average Bonchev–Trinajstić information content (AvgIpc) is 3.32. The lowest BCUT2D eigenvalue weighted by molar-refractivity contribution is 0.665. The fourth-order valence-corrected chi connectivity index (χ4v) is 2.40. The lowest BCUT2D eigenvalue weighted by Crippen LogP contribution is -2.20.